The van der Waals surface area contributed by atoms with E-state index in [1.807, 2.05) is 43.3 Å². The van der Waals surface area contributed by atoms with Crippen LogP contribution in [0.5, 0.6) is 5.75 Å². The number of hydrogen-bond acceptors (Lipinski definition) is 2. The summed E-state index contributed by atoms with van der Waals surface area (Å²) in [6.07, 6.45) is 0.860. The molecule has 0 spiro atoms. The zero-order chi connectivity index (χ0) is 14.8. The van der Waals surface area contributed by atoms with Gasteiger partial charge in [-0.3, -0.25) is 4.79 Å². The van der Waals surface area contributed by atoms with Gasteiger partial charge in [-0.15, -0.1) is 0 Å². The predicted molar refractivity (Wildman–Crippen MR) is 85.8 cm³/mol. The molecule has 1 aliphatic heterocycles. The van der Waals surface area contributed by atoms with Gasteiger partial charge in [0.1, 0.15) is 11.9 Å². The highest BCUT2D eigenvalue weighted by Crippen LogP contribution is 2.27. The van der Waals surface area contributed by atoms with Gasteiger partial charge in [0.05, 0.1) is 6.54 Å². The third-order valence-electron chi connectivity index (χ3n) is 3.62. The Morgan fingerprint density at radius 3 is 2.90 bits per heavy atom. The van der Waals surface area contributed by atoms with Crippen LogP contribution in [0.15, 0.2) is 46.9 Å². The van der Waals surface area contributed by atoms with Crippen LogP contribution in [0.2, 0.25) is 0 Å². The average molecular weight is 346 g/mol. The van der Waals surface area contributed by atoms with Crippen molar-refractivity contribution in [3.05, 3.63) is 63.6 Å². The van der Waals surface area contributed by atoms with Crippen LogP contribution in [0, 0.1) is 6.92 Å². The summed E-state index contributed by atoms with van der Waals surface area (Å²) in [6.45, 7) is 2.49. The quantitative estimate of drug-likeness (QED) is 0.924. The second-order valence-electron chi connectivity index (χ2n) is 5.23. The van der Waals surface area contributed by atoms with Crippen molar-refractivity contribution >= 4 is 21.8 Å². The molecule has 1 aliphatic rings. The molecule has 1 amide bonds. The van der Waals surface area contributed by atoms with Crippen molar-refractivity contribution < 1.29 is 9.53 Å². The van der Waals surface area contributed by atoms with Crippen LogP contribution in [0.1, 0.15) is 21.5 Å². The lowest BCUT2D eigenvalue weighted by Gasteiger charge is -2.12. The summed E-state index contributed by atoms with van der Waals surface area (Å²) in [5.74, 6) is 0.862. The lowest BCUT2D eigenvalue weighted by Crippen LogP contribution is -2.34. The number of halogens is 1. The molecule has 0 aliphatic carbocycles. The Balaban J connectivity index is 1.59. The third kappa shape index (κ3) is 3.10. The fourth-order valence-electron chi connectivity index (χ4n) is 2.46. The number of hydrogen-bond donors (Lipinski definition) is 1. The molecule has 0 radical (unpaired) electrons. The molecule has 0 saturated carbocycles. The Morgan fingerprint density at radius 2 is 2.14 bits per heavy atom. The van der Waals surface area contributed by atoms with Crippen molar-refractivity contribution in [1.82, 2.24) is 5.32 Å². The van der Waals surface area contributed by atoms with E-state index >= 15 is 0 Å². The Hall–Kier alpha value is -1.81. The first-order valence-electron chi connectivity index (χ1n) is 6.92. The molecule has 0 aromatic heterocycles. The number of carbonyl (C=O) groups excluding carboxylic acids is 1. The minimum absolute atomic E-state index is 0.0166. The summed E-state index contributed by atoms with van der Waals surface area (Å²) in [4.78, 5) is 12.2. The van der Waals surface area contributed by atoms with Crippen LogP contribution in [-0.2, 0) is 6.42 Å². The maximum absolute atomic E-state index is 12.2. The average Bonchev–Trinajstić information content (AvgIpc) is 2.90. The number of ether oxygens (including phenoxy) is 1. The first-order valence-corrected chi connectivity index (χ1v) is 7.71. The zero-order valence-electron chi connectivity index (χ0n) is 11.7. The summed E-state index contributed by atoms with van der Waals surface area (Å²) < 4.78 is 6.82. The van der Waals surface area contributed by atoms with Crippen LogP contribution < -0.4 is 10.1 Å². The number of benzene rings is 2. The highest BCUT2D eigenvalue weighted by atomic mass is 79.9. The first-order chi connectivity index (χ1) is 10.1. The number of para-hydroxylation sites is 1. The Morgan fingerprint density at radius 1 is 1.33 bits per heavy atom. The minimum Gasteiger partial charge on any atom is -0.488 e. The van der Waals surface area contributed by atoms with Crippen molar-refractivity contribution in [2.75, 3.05) is 6.54 Å². The molecule has 4 heteroatoms. The fourth-order valence-corrected chi connectivity index (χ4v) is 2.71. The SMILES string of the molecule is Cc1cc(C(=O)NCC2Cc3ccccc3O2)ccc1Br. The number of amides is 1. The molecule has 108 valence electrons. The van der Waals surface area contributed by atoms with Gasteiger partial charge >= 0.3 is 0 Å². The summed E-state index contributed by atoms with van der Waals surface area (Å²) >= 11 is 3.44. The first kappa shape index (κ1) is 14.1. The van der Waals surface area contributed by atoms with Crippen molar-refractivity contribution in [2.45, 2.75) is 19.4 Å². The maximum Gasteiger partial charge on any atom is 0.251 e. The number of carbonyl (C=O) groups is 1. The Bertz CT molecular complexity index is 659. The van der Waals surface area contributed by atoms with E-state index in [0.717, 1.165) is 22.2 Å². The molecule has 0 saturated heterocycles. The second-order valence-corrected chi connectivity index (χ2v) is 6.08. The van der Waals surface area contributed by atoms with E-state index in [9.17, 15) is 4.79 Å². The molecule has 3 nitrogen and oxygen atoms in total. The van der Waals surface area contributed by atoms with E-state index < -0.39 is 0 Å². The van der Waals surface area contributed by atoms with Gasteiger partial charge < -0.3 is 10.1 Å². The summed E-state index contributed by atoms with van der Waals surface area (Å²) in [5, 5.41) is 2.94. The molecule has 2 aromatic carbocycles. The molecule has 1 atom stereocenters. The van der Waals surface area contributed by atoms with Crippen LogP contribution in [0.3, 0.4) is 0 Å². The molecule has 1 heterocycles. The monoisotopic (exact) mass is 345 g/mol. The molecule has 2 aromatic rings. The standard InChI is InChI=1S/C17H16BrNO2/c1-11-8-13(6-7-15(11)18)17(20)19-10-14-9-12-4-2-3-5-16(12)21-14/h2-8,14H,9-10H2,1H3,(H,19,20). The van der Waals surface area contributed by atoms with Crippen LogP contribution in [0.4, 0.5) is 0 Å². The number of nitrogens with one attached hydrogen (secondary N) is 1. The van der Waals surface area contributed by atoms with Crippen molar-refractivity contribution in [3.8, 4) is 5.75 Å². The van der Waals surface area contributed by atoms with Crippen LogP contribution >= 0.6 is 15.9 Å². The molecule has 0 bridgehead atoms. The molecular formula is C17H16BrNO2. The zero-order valence-corrected chi connectivity index (χ0v) is 13.3. The van der Waals surface area contributed by atoms with E-state index in [1.165, 1.54) is 5.56 Å². The molecular weight excluding hydrogens is 330 g/mol. The van der Waals surface area contributed by atoms with Gasteiger partial charge in [0.2, 0.25) is 0 Å². The molecule has 1 unspecified atom stereocenters. The van der Waals surface area contributed by atoms with Gasteiger partial charge in [-0.05, 0) is 42.3 Å². The lowest BCUT2D eigenvalue weighted by atomic mass is 10.1. The van der Waals surface area contributed by atoms with Gasteiger partial charge in [0, 0.05) is 16.5 Å². The van der Waals surface area contributed by atoms with Crippen LogP contribution in [-0.4, -0.2) is 18.6 Å². The topological polar surface area (TPSA) is 38.3 Å². The minimum atomic E-state index is -0.0647. The molecule has 21 heavy (non-hydrogen) atoms. The van der Waals surface area contributed by atoms with E-state index in [2.05, 4.69) is 27.3 Å². The Labute approximate surface area is 132 Å². The largest absolute Gasteiger partial charge is 0.488 e. The number of aryl methyl sites for hydroxylation is 1. The van der Waals surface area contributed by atoms with E-state index in [0.29, 0.717) is 12.1 Å². The molecule has 0 fully saturated rings. The second kappa shape index (κ2) is 5.90. The van der Waals surface area contributed by atoms with Gasteiger partial charge in [0.25, 0.3) is 5.91 Å². The highest BCUT2D eigenvalue weighted by molar-refractivity contribution is 9.10. The Kier molecular flexibility index (Phi) is 3.97. The van der Waals surface area contributed by atoms with Crippen LogP contribution in [0.25, 0.3) is 0 Å². The number of fused-ring (bicyclic) bond motifs is 1. The van der Waals surface area contributed by atoms with Crippen molar-refractivity contribution in [3.63, 3.8) is 0 Å². The van der Waals surface area contributed by atoms with E-state index in [4.69, 9.17) is 4.74 Å². The fraction of sp³-hybridized carbons (Fsp3) is 0.235. The molecule has 3 rings (SSSR count). The summed E-state index contributed by atoms with van der Waals surface area (Å²) in [7, 11) is 0. The van der Waals surface area contributed by atoms with Crippen molar-refractivity contribution in [1.29, 1.82) is 0 Å². The smallest absolute Gasteiger partial charge is 0.251 e. The predicted octanol–water partition coefficient (Wildman–Crippen LogP) is 3.49. The maximum atomic E-state index is 12.2. The molecule has 1 N–H and O–H groups in total. The highest BCUT2D eigenvalue weighted by Gasteiger charge is 2.22. The summed E-state index contributed by atoms with van der Waals surface area (Å²) in [5.41, 5.74) is 2.93. The van der Waals surface area contributed by atoms with E-state index in [-0.39, 0.29) is 12.0 Å². The summed E-state index contributed by atoms with van der Waals surface area (Å²) in [6, 6.07) is 13.6. The van der Waals surface area contributed by atoms with Gasteiger partial charge in [-0.2, -0.15) is 0 Å². The van der Waals surface area contributed by atoms with Gasteiger partial charge in [0.15, 0.2) is 0 Å². The third-order valence-corrected chi connectivity index (χ3v) is 4.51. The van der Waals surface area contributed by atoms with Gasteiger partial charge in [-0.1, -0.05) is 34.1 Å². The van der Waals surface area contributed by atoms with Crippen molar-refractivity contribution in [2.24, 2.45) is 0 Å². The number of rotatable bonds is 3. The normalized spacial score (nSPS) is 16.2. The lowest BCUT2D eigenvalue weighted by molar-refractivity contribution is 0.0933. The van der Waals surface area contributed by atoms with Gasteiger partial charge in [-0.25, -0.2) is 0 Å². The van der Waals surface area contributed by atoms with E-state index in [1.54, 1.807) is 0 Å².